The minimum Gasteiger partial charge on any atom is -0.348 e. The van der Waals surface area contributed by atoms with E-state index in [1.165, 1.54) is 0 Å². The number of carbonyl (C=O) groups excluding carboxylic acids is 1. The van der Waals surface area contributed by atoms with Gasteiger partial charge >= 0.3 is 0 Å². The molecule has 1 unspecified atom stereocenters. The summed E-state index contributed by atoms with van der Waals surface area (Å²) in [6.07, 6.45) is 3.10. The third-order valence-electron chi connectivity index (χ3n) is 3.63. The van der Waals surface area contributed by atoms with Crippen molar-refractivity contribution in [1.29, 1.82) is 0 Å². The van der Waals surface area contributed by atoms with Crippen molar-refractivity contribution in [3.8, 4) is 0 Å². The second-order valence-electron chi connectivity index (χ2n) is 5.46. The molecule has 3 N–H and O–H groups in total. The van der Waals surface area contributed by atoms with Crippen molar-refractivity contribution >= 4 is 17.7 Å². The van der Waals surface area contributed by atoms with Crippen molar-refractivity contribution in [1.82, 2.24) is 5.32 Å². The van der Waals surface area contributed by atoms with Gasteiger partial charge in [0.05, 0.1) is 5.56 Å². The number of nitrogens with one attached hydrogen (secondary N) is 1. The standard InChI is InChI=1S/C19H24N2OS/c1-2-3-9-15(14-20)21-19(22)17-12-7-8-13-18(17)23-16-10-5-4-6-11-16/h4-8,10-13,15H,2-3,9,14,20H2,1H3,(H,21,22). The fourth-order valence-corrected chi connectivity index (χ4v) is 3.29. The highest BCUT2D eigenvalue weighted by Crippen LogP contribution is 2.30. The second kappa shape index (κ2) is 9.38. The lowest BCUT2D eigenvalue weighted by molar-refractivity contribution is 0.0933. The summed E-state index contributed by atoms with van der Waals surface area (Å²) in [5.74, 6) is -0.0458. The Morgan fingerprint density at radius 3 is 2.52 bits per heavy atom. The van der Waals surface area contributed by atoms with Crippen LogP contribution in [0.2, 0.25) is 0 Å². The van der Waals surface area contributed by atoms with Crippen LogP contribution in [0.1, 0.15) is 36.5 Å². The molecule has 0 saturated heterocycles. The van der Waals surface area contributed by atoms with E-state index in [9.17, 15) is 4.79 Å². The van der Waals surface area contributed by atoms with Crippen LogP contribution < -0.4 is 11.1 Å². The van der Waals surface area contributed by atoms with Crippen molar-refractivity contribution in [3.63, 3.8) is 0 Å². The Bertz CT molecular complexity index is 616. The highest BCUT2D eigenvalue weighted by atomic mass is 32.2. The van der Waals surface area contributed by atoms with Crippen LogP contribution in [0.3, 0.4) is 0 Å². The van der Waals surface area contributed by atoms with Gasteiger partial charge in [-0.15, -0.1) is 0 Å². The number of nitrogens with two attached hydrogens (primary N) is 1. The van der Waals surface area contributed by atoms with Gasteiger partial charge < -0.3 is 11.1 Å². The first kappa shape index (κ1) is 17.6. The fourth-order valence-electron chi connectivity index (χ4n) is 2.32. The van der Waals surface area contributed by atoms with Crippen LogP contribution in [-0.2, 0) is 0 Å². The first-order valence-electron chi connectivity index (χ1n) is 8.07. The Balaban J connectivity index is 2.11. The van der Waals surface area contributed by atoms with Gasteiger partial charge in [-0.05, 0) is 30.7 Å². The van der Waals surface area contributed by atoms with Gasteiger partial charge in [0.25, 0.3) is 5.91 Å². The summed E-state index contributed by atoms with van der Waals surface area (Å²) in [4.78, 5) is 14.7. The molecule has 1 atom stereocenters. The average molecular weight is 328 g/mol. The summed E-state index contributed by atoms with van der Waals surface area (Å²) in [6, 6.07) is 17.8. The summed E-state index contributed by atoms with van der Waals surface area (Å²) in [5.41, 5.74) is 6.49. The molecule has 0 aliphatic carbocycles. The van der Waals surface area contributed by atoms with Gasteiger partial charge in [-0.25, -0.2) is 0 Å². The molecule has 1 amide bonds. The van der Waals surface area contributed by atoms with E-state index in [0.717, 1.165) is 29.1 Å². The van der Waals surface area contributed by atoms with Crippen LogP contribution >= 0.6 is 11.8 Å². The van der Waals surface area contributed by atoms with Gasteiger partial charge in [0.2, 0.25) is 0 Å². The van der Waals surface area contributed by atoms with E-state index >= 15 is 0 Å². The topological polar surface area (TPSA) is 55.1 Å². The Labute approximate surface area is 142 Å². The van der Waals surface area contributed by atoms with E-state index in [1.54, 1.807) is 11.8 Å². The van der Waals surface area contributed by atoms with Crippen molar-refractivity contribution in [2.24, 2.45) is 5.73 Å². The van der Waals surface area contributed by atoms with E-state index in [1.807, 2.05) is 54.6 Å². The molecule has 0 saturated carbocycles. The average Bonchev–Trinajstić information content (AvgIpc) is 2.59. The summed E-state index contributed by atoms with van der Waals surface area (Å²) in [6.45, 7) is 2.61. The molecular weight excluding hydrogens is 304 g/mol. The number of hydrogen-bond acceptors (Lipinski definition) is 3. The molecule has 2 rings (SSSR count). The summed E-state index contributed by atoms with van der Waals surface area (Å²) in [5, 5.41) is 3.07. The van der Waals surface area contributed by atoms with E-state index in [2.05, 4.69) is 12.2 Å². The Kier molecular flexibility index (Phi) is 7.17. The molecule has 2 aromatic carbocycles. The predicted octanol–water partition coefficient (Wildman–Crippen LogP) is 4.09. The fraction of sp³-hybridized carbons (Fsp3) is 0.316. The highest BCUT2D eigenvalue weighted by molar-refractivity contribution is 7.99. The monoisotopic (exact) mass is 328 g/mol. The van der Waals surface area contributed by atoms with Crippen molar-refractivity contribution in [2.45, 2.75) is 42.0 Å². The van der Waals surface area contributed by atoms with Crippen molar-refractivity contribution in [3.05, 3.63) is 60.2 Å². The van der Waals surface area contributed by atoms with Gasteiger partial charge in [-0.2, -0.15) is 0 Å². The molecule has 0 bridgehead atoms. The number of rotatable bonds is 8. The summed E-state index contributed by atoms with van der Waals surface area (Å²) in [7, 11) is 0. The summed E-state index contributed by atoms with van der Waals surface area (Å²) < 4.78 is 0. The number of amides is 1. The number of carbonyl (C=O) groups is 1. The molecule has 23 heavy (non-hydrogen) atoms. The third-order valence-corrected chi connectivity index (χ3v) is 4.71. The van der Waals surface area contributed by atoms with Gasteiger partial charge in [0, 0.05) is 22.4 Å². The zero-order valence-corrected chi connectivity index (χ0v) is 14.3. The molecule has 0 aliphatic heterocycles. The molecule has 122 valence electrons. The SMILES string of the molecule is CCCCC(CN)NC(=O)c1ccccc1Sc1ccccc1. The van der Waals surface area contributed by atoms with Crippen LogP contribution in [0.5, 0.6) is 0 Å². The lowest BCUT2D eigenvalue weighted by Crippen LogP contribution is -2.40. The maximum atomic E-state index is 12.6. The van der Waals surface area contributed by atoms with Crippen LogP contribution in [0.25, 0.3) is 0 Å². The van der Waals surface area contributed by atoms with Crippen LogP contribution in [0.4, 0.5) is 0 Å². The van der Waals surface area contributed by atoms with E-state index in [-0.39, 0.29) is 11.9 Å². The van der Waals surface area contributed by atoms with E-state index < -0.39 is 0 Å². The molecule has 0 aliphatic rings. The molecule has 0 fully saturated rings. The minimum absolute atomic E-state index is 0.0391. The van der Waals surface area contributed by atoms with Crippen LogP contribution in [-0.4, -0.2) is 18.5 Å². The molecular formula is C19H24N2OS. The van der Waals surface area contributed by atoms with E-state index in [0.29, 0.717) is 12.1 Å². The van der Waals surface area contributed by atoms with Gasteiger partial charge in [0.1, 0.15) is 0 Å². The van der Waals surface area contributed by atoms with Gasteiger partial charge in [-0.1, -0.05) is 61.9 Å². The molecule has 3 nitrogen and oxygen atoms in total. The first-order valence-corrected chi connectivity index (χ1v) is 8.89. The molecule has 0 spiro atoms. The number of unbranched alkanes of at least 4 members (excludes halogenated alkanes) is 1. The Morgan fingerprint density at radius 1 is 1.13 bits per heavy atom. The molecule has 0 aromatic heterocycles. The Morgan fingerprint density at radius 2 is 1.83 bits per heavy atom. The maximum Gasteiger partial charge on any atom is 0.252 e. The van der Waals surface area contributed by atoms with Gasteiger partial charge in [-0.3, -0.25) is 4.79 Å². The van der Waals surface area contributed by atoms with Crippen molar-refractivity contribution in [2.75, 3.05) is 6.54 Å². The van der Waals surface area contributed by atoms with Crippen LogP contribution in [0.15, 0.2) is 64.4 Å². The quantitative estimate of drug-likeness (QED) is 0.767. The molecule has 2 aromatic rings. The summed E-state index contributed by atoms with van der Waals surface area (Å²) >= 11 is 1.60. The largest absolute Gasteiger partial charge is 0.348 e. The van der Waals surface area contributed by atoms with Crippen LogP contribution in [0, 0.1) is 0 Å². The zero-order chi connectivity index (χ0) is 16.5. The second-order valence-corrected chi connectivity index (χ2v) is 6.57. The minimum atomic E-state index is -0.0458. The normalized spacial score (nSPS) is 11.9. The number of hydrogen-bond donors (Lipinski definition) is 2. The molecule has 4 heteroatoms. The highest BCUT2D eigenvalue weighted by Gasteiger charge is 2.15. The maximum absolute atomic E-state index is 12.6. The van der Waals surface area contributed by atoms with Crippen molar-refractivity contribution < 1.29 is 4.79 Å². The van der Waals surface area contributed by atoms with E-state index in [4.69, 9.17) is 5.73 Å². The molecule has 0 radical (unpaired) electrons. The Hall–Kier alpha value is -1.78. The zero-order valence-electron chi connectivity index (χ0n) is 13.5. The lowest BCUT2D eigenvalue weighted by atomic mass is 10.1. The third kappa shape index (κ3) is 5.41. The molecule has 0 heterocycles. The lowest BCUT2D eigenvalue weighted by Gasteiger charge is -2.17. The smallest absolute Gasteiger partial charge is 0.252 e. The number of benzene rings is 2. The van der Waals surface area contributed by atoms with Gasteiger partial charge in [0.15, 0.2) is 0 Å². The predicted molar refractivity (Wildman–Crippen MR) is 96.8 cm³/mol. The first-order chi connectivity index (χ1) is 11.2.